The quantitative estimate of drug-likeness (QED) is 0.544. The number of hydrogen-bond acceptors (Lipinski definition) is 3. The second kappa shape index (κ2) is 9.67. The number of benzene rings is 3. The highest BCUT2D eigenvalue weighted by Gasteiger charge is 2.35. The summed E-state index contributed by atoms with van der Waals surface area (Å²) in [6.07, 6.45) is 0.472. The van der Waals surface area contributed by atoms with E-state index in [0.717, 1.165) is 27.6 Å². The summed E-state index contributed by atoms with van der Waals surface area (Å²) in [5, 5.41) is 4.79. The van der Waals surface area contributed by atoms with E-state index in [4.69, 9.17) is 0 Å². The van der Waals surface area contributed by atoms with Gasteiger partial charge in [-0.2, -0.15) is 0 Å². The van der Waals surface area contributed by atoms with Crippen LogP contribution in [0.4, 0.5) is 5.69 Å². The summed E-state index contributed by atoms with van der Waals surface area (Å²) in [6.45, 7) is 7.88. The normalized spacial score (nSPS) is 13.4. The van der Waals surface area contributed by atoms with Crippen LogP contribution in [0.2, 0.25) is 0 Å². The van der Waals surface area contributed by atoms with Crippen molar-refractivity contribution >= 4 is 34.2 Å². The van der Waals surface area contributed by atoms with Crippen LogP contribution in [-0.4, -0.2) is 41.2 Å². The van der Waals surface area contributed by atoms with Crippen LogP contribution in [0.1, 0.15) is 48.7 Å². The standard InChI is InChI=1S/C28H31N3O3/c1-5-23(27(33)29-18(2)3)30(16-20-10-6-9-19(4)15-20)25(32)17-31-24-14-8-12-21-11-7-13-22(26(21)24)28(31)34/h6-15,18,23H,5,16-17H2,1-4H3,(H,29,33). The Morgan fingerprint density at radius 3 is 2.41 bits per heavy atom. The molecule has 1 N–H and O–H groups in total. The van der Waals surface area contributed by atoms with E-state index < -0.39 is 6.04 Å². The Balaban J connectivity index is 1.66. The molecule has 176 valence electrons. The average molecular weight is 458 g/mol. The SMILES string of the molecule is CCC(C(=O)NC(C)C)N(Cc1cccc(C)c1)C(=O)CN1C(=O)c2cccc3cccc1c23. The molecule has 3 amide bonds. The molecule has 6 heteroatoms. The van der Waals surface area contributed by atoms with Crippen molar-refractivity contribution in [3.63, 3.8) is 0 Å². The summed E-state index contributed by atoms with van der Waals surface area (Å²) in [7, 11) is 0. The molecule has 3 aromatic carbocycles. The number of carbonyl (C=O) groups excluding carboxylic acids is 3. The second-order valence-electron chi connectivity index (χ2n) is 9.17. The van der Waals surface area contributed by atoms with E-state index in [2.05, 4.69) is 5.32 Å². The molecule has 0 radical (unpaired) electrons. The van der Waals surface area contributed by atoms with Crippen molar-refractivity contribution in [1.82, 2.24) is 10.2 Å². The lowest BCUT2D eigenvalue weighted by Gasteiger charge is -2.32. The zero-order valence-electron chi connectivity index (χ0n) is 20.2. The molecule has 0 fully saturated rings. The minimum atomic E-state index is -0.633. The van der Waals surface area contributed by atoms with Gasteiger partial charge in [-0.05, 0) is 50.3 Å². The van der Waals surface area contributed by atoms with Crippen LogP contribution in [0.5, 0.6) is 0 Å². The van der Waals surface area contributed by atoms with Crippen LogP contribution in [0, 0.1) is 6.92 Å². The van der Waals surface area contributed by atoms with E-state index >= 15 is 0 Å². The van der Waals surface area contributed by atoms with Crippen LogP contribution in [0.3, 0.4) is 0 Å². The summed E-state index contributed by atoms with van der Waals surface area (Å²) in [4.78, 5) is 43.2. The highest BCUT2D eigenvalue weighted by Crippen LogP contribution is 2.37. The molecule has 0 spiro atoms. The van der Waals surface area contributed by atoms with Crippen LogP contribution < -0.4 is 10.2 Å². The van der Waals surface area contributed by atoms with E-state index in [9.17, 15) is 14.4 Å². The fraction of sp³-hybridized carbons (Fsp3) is 0.321. The van der Waals surface area contributed by atoms with Gasteiger partial charge in [0.1, 0.15) is 12.6 Å². The number of carbonyl (C=O) groups is 3. The summed E-state index contributed by atoms with van der Waals surface area (Å²) >= 11 is 0. The van der Waals surface area contributed by atoms with Crippen molar-refractivity contribution in [1.29, 1.82) is 0 Å². The third kappa shape index (κ3) is 4.53. The van der Waals surface area contributed by atoms with Crippen molar-refractivity contribution in [3.05, 3.63) is 77.4 Å². The average Bonchev–Trinajstić information content (AvgIpc) is 3.06. The highest BCUT2D eigenvalue weighted by atomic mass is 16.2. The Hall–Kier alpha value is -3.67. The van der Waals surface area contributed by atoms with Gasteiger partial charge < -0.3 is 10.2 Å². The molecule has 4 rings (SSSR count). The topological polar surface area (TPSA) is 69.7 Å². The van der Waals surface area contributed by atoms with Gasteiger partial charge in [-0.3, -0.25) is 19.3 Å². The Morgan fingerprint density at radius 2 is 1.74 bits per heavy atom. The first kappa shape index (κ1) is 23.5. The van der Waals surface area contributed by atoms with Crippen molar-refractivity contribution in [2.75, 3.05) is 11.4 Å². The minimum absolute atomic E-state index is 0.0373. The van der Waals surface area contributed by atoms with Gasteiger partial charge in [-0.15, -0.1) is 0 Å². The van der Waals surface area contributed by atoms with Crippen molar-refractivity contribution in [3.8, 4) is 0 Å². The van der Waals surface area contributed by atoms with Crippen LogP contribution in [-0.2, 0) is 16.1 Å². The van der Waals surface area contributed by atoms with Gasteiger partial charge in [-0.25, -0.2) is 0 Å². The molecule has 1 aliphatic rings. The Kier molecular flexibility index (Phi) is 6.68. The van der Waals surface area contributed by atoms with E-state index in [0.29, 0.717) is 18.5 Å². The summed E-state index contributed by atoms with van der Waals surface area (Å²) in [5.41, 5.74) is 3.38. The van der Waals surface area contributed by atoms with Gasteiger partial charge in [0, 0.05) is 23.5 Å². The minimum Gasteiger partial charge on any atom is -0.352 e. The molecule has 3 aromatic rings. The van der Waals surface area contributed by atoms with Crippen LogP contribution in [0.25, 0.3) is 10.8 Å². The van der Waals surface area contributed by atoms with E-state index in [1.165, 1.54) is 4.90 Å². The number of aryl methyl sites for hydroxylation is 1. The number of nitrogens with one attached hydrogen (secondary N) is 1. The van der Waals surface area contributed by atoms with Crippen LogP contribution in [0.15, 0.2) is 60.7 Å². The lowest BCUT2D eigenvalue weighted by Crippen LogP contribution is -2.53. The zero-order chi connectivity index (χ0) is 24.4. The van der Waals surface area contributed by atoms with Gasteiger partial charge in [0.05, 0.1) is 5.69 Å². The maximum atomic E-state index is 13.7. The molecule has 1 aliphatic heterocycles. The number of rotatable bonds is 8. The van der Waals surface area contributed by atoms with E-state index in [1.54, 1.807) is 11.0 Å². The third-order valence-corrected chi connectivity index (χ3v) is 6.19. The second-order valence-corrected chi connectivity index (χ2v) is 9.17. The Bertz CT molecular complexity index is 1250. The first-order valence-corrected chi connectivity index (χ1v) is 11.8. The molecule has 0 aromatic heterocycles. The summed E-state index contributed by atoms with van der Waals surface area (Å²) < 4.78 is 0. The first-order valence-electron chi connectivity index (χ1n) is 11.8. The predicted octanol–water partition coefficient (Wildman–Crippen LogP) is 4.44. The first-order chi connectivity index (χ1) is 16.3. The molecule has 34 heavy (non-hydrogen) atoms. The molecule has 1 atom stereocenters. The summed E-state index contributed by atoms with van der Waals surface area (Å²) in [5.74, 6) is -0.627. The van der Waals surface area contributed by atoms with Crippen molar-refractivity contribution < 1.29 is 14.4 Å². The molecule has 0 bridgehead atoms. The fourth-order valence-electron chi connectivity index (χ4n) is 4.67. The monoisotopic (exact) mass is 457 g/mol. The largest absolute Gasteiger partial charge is 0.352 e. The lowest BCUT2D eigenvalue weighted by atomic mass is 10.1. The van der Waals surface area contributed by atoms with Gasteiger partial charge in [-0.1, -0.05) is 61.0 Å². The smallest absolute Gasteiger partial charge is 0.259 e. The van der Waals surface area contributed by atoms with Gasteiger partial charge in [0.15, 0.2) is 0 Å². The molecular formula is C28H31N3O3. The molecule has 1 heterocycles. The number of anilines is 1. The lowest BCUT2D eigenvalue weighted by molar-refractivity contribution is -0.140. The van der Waals surface area contributed by atoms with Crippen molar-refractivity contribution in [2.24, 2.45) is 0 Å². The number of amides is 3. The molecule has 0 aliphatic carbocycles. The number of hydrogen-bond donors (Lipinski definition) is 1. The Morgan fingerprint density at radius 1 is 1.03 bits per heavy atom. The maximum absolute atomic E-state index is 13.7. The van der Waals surface area contributed by atoms with Crippen LogP contribution >= 0.6 is 0 Å². The van der Waals surface area contributed by atoms with Gasteiger partial charge in [0.25, 0.3) is 5.91 Å². The molecular weight excluding hydrogens is 426 g/mol. The maximum Gasteiger partial charge on any atom is 0.259 e. The van der Waals surface area contributed by atoms with E-state index in [-0.39, 0.29) is 30.3 Å². The molecule has 6 nitrogen and oxygen atoms in total. The third-order valence-electron chi connectivity index (χ3n) is 6.19. The van der Waals surface area contributed by atoms with E-state index in [1.807, 2.05) is 82.3 Å². The molecule has 0 saturated heterocycles. The molecule has 0 saturated carbocycles. The predicted molar refractivity (Wildman–Crippen MR) is 135 cm³/mol. The fourth-order valence-corrected chi connectivity index (χ4v) is 4.67. The zero-order valence-corrected chi connectivity index (χ0v) is 20.2. The summed E-state index contributed by atoms with van der Waals surface area (Å²) in [6, 6.07) is 18.6. The van der Waals surface area contributed by atoms with Gasteiger partial charge >= 0.3 is 0 Å². The van der Waals surface area contributed by atoms with Crippen molar-refractivity contribution in [2.45, 2.75) is 52.7 Å². The number of nitrogens with zero attached hydrogens (tertiary/aromatic N) is 2. The van der Waals surface area contributed by atoms with Gasteiger partial charge in [0.2, 0.25) is 11.8 Å². The molecule has 1 unspecified atom stereocenters. The Labute approximate surface area is 200 Å². The highest BCUT2D eigenvalue weighted by molar-refractivity contribution is 6.26.